The summed E-state index contributed by atoms with van der Waals surface area (Å²) in [4.78, 5) is 2.61. The van der Waals surface area contributed by atoms with E-state index in [4.69, 9.17) is 0 Å². The summed E-state index contributed by atoms with van der Waals surface area (Å²) >= 11 is 0. The van der Waals surface area contributed by atoms with Crippen LogP contribution in [0.15, 0.2) is 48.5 Å². The Labute approximate surface area is 181 Å². The second-order valence-corrected chi connectivity index (χ2v) is 9.61. The molecule has 2 aromatic carbocycles. The second kappa shape index (κ2) is 9.61. The number of hydrogen-bond donors (Lipinski definition) is 3. The first-order valence-electron chi connectivity index (χ1n) is 11.5. The third-order valence-corrected chi connectivity index (χ3v) is 7.22. The van der Waals surface area contributed by atoms with Crippen LogP contribution in [-0.2, 0) is 6.42 Å². The summed E-state index contributed by atoms with van der Waals surface area (Å²) in [5, 5.41) is 10.3. The standard InChI is InChI=1S/C26H37N3O/c1-20-9-10-21(2)24(15-20)25-23(16-27-28-25)17-29-14-6-12-26(18-29,19-30)13-11-22-7-4-3-5-8-22/h3-5,7-10,15,23,25,27-28,30H,6,11-14,16-19H2,1-2H3. The molecule has 162 valence electrons. The van der Waals surface area contributed by atoms with E-state index in [0.717, 1.165) is 45.4 Å². The summed E-state index contributed by atoms with van der Waals surface area (Å²) in [6.45, 7) is 8.89. The van der Waals surface area contributed by atoms with Gasteiger partial charge in [-0.15, -0.1) is 0 Å². The number of nitrogens with zero attached hydrogens (tertiary/aromatic N) is 1. The van der Waals surface area contributed by atoms with E-state index in [-0.39, 0.29) is 12.0 Å². The Hall–Kier alpha value is -1.72. The molecule has 4 rings (SSSR count). The third-order valence-electron chi connectivity index (χ3n) is 7.22. The van der Waals surface area contributed by atoms with E-state index < -0.39 is 0 Å². The van der Waals surface area contributed by atoms with Crippen LogP contribution in [0.2, 0.25) is 0 Å². The quantitative estimate of drug-likeness (QED) is 0.654. The van der Waals surface area contributed by atoms with Crippen LogP contribution in [-0.4, -0.2) is 42.8 Å². The van der Waals surface area contributed by atoms with Crippen molar-refractivity contribution in [3.8, 4) is 0 Å². The maximum absolute atomic E-state index is 10.3. The molecule has 2 heterocycles. The molecule has 2 saturated heterocycles. The fourth-order valence-corrected chi connectivity index (χ4v) is 5.40. The molecule has 0 saturated carbocycles. The average molecular weight is 408 g/mol. The second-order valence-electron chi connectivity index (χ2n) is 9.61. The maximum atomic E-state index is 10.3. The fourth-order valence-electron chi connectivity index (χ4n) is 5.40. The van der Waals surface area contributed by atoms with Gasteiger partial charge in [0.05, 0.1) is 6.04 Å². The molecule has 0 radical (unpaired) electrons. The number of hydrazine groups is 1. The molecule has 2 fully saturated rings. The number of benzene rings is 2. The van der Waals surface area contributed by atoms with Gasteiger partial charge in [-0.2, -0.15) is 0 Å². The average Bonchev–Trinajstić information content (AvgIpc) is 3.23. The van der Waals surface area contributed by atoms with Gasteiger partial charge in [-0.25, -0.2) is 5.43 Å². The summed E-state index contributed by atoms with van der Waals surface area (Å²) in [5.41, 5.74) is 12.5. The lowest BCUT2D eigenvalue weighted by Gasteiger charge is -2.43. The molecular formula is C26H37N3O. The Morgan fingerprint density at radius 3 is 2.77 bits per heavy atom. The number of aliphatic hydroxyl groups is 1. The van der Waals surface area contributed by atoms with Crippen LogP contribution in [0.25, 0.3) is 0 Å². The van der Waals surface area contributed by atoms with Crippen molar-refractivity contribution < 1.29 is 5.11 Å². The van der Waals surface area contributed by atoms with Gasteiger partial charge < -0.3 is 10.0 Å². The minimum absolute atomic E-state index is 0.0301. The largest absolute Gasteiger partial charge is 0.396 e. The van der Waals surface area contributed by atoms with Crippen LogP contribution in [0.1, 0.15) is 47.6 Å². The van der Waals surface area contributed by atoms with Crippen LogP contribution in [0, 0.1) is 25.2 Å². The van der Waals surface area contributed by atoms with Crippen molar-refractivity contribution in [2.45, 2.75) is 45.6 Å². The normalized spacial score (nSPS) is 27.4. The number of nitrogens with one attached hydrogen (secondary N) is 2. The summed E-state index contributed by atoms with van der Waals surface area (Å²) in [5.74, 6) is 0.536. The lowest BCUT2D eigenvalue weighted by atomic mass is 9.75. The molecule has 3 atom stereocenters. The fraction of sp³-hybridized carbons (Fsp3) is 0.538. The van der Waals surface area contributed by atoms with Gasteiger partial charge >= 0.3 is 0 Å². The first-order chi connectivity index (χ1) is 14.6. The van der Waals surface area contributed by atoms with E-state index in [2.05, 4.69) is 78.1 Å². The van der Waals surface area contributed by atoms with Crippen molar-refractivity contribution in [2.24, 2.45) is 11.3 Å². The molecule has 0 spiro atoms. The van der Waals surface area contributed by atoms with Crippen molar-refractivity contribution in [3.05, 3.63) is 70.8 Å². The number of rotatable bonds is 7. The van der Waals surface area contributed by atoms with E-state index >= 15 is 0 Å². The molecule has 30 heavy (non-hydrogen) atoms. The monoisotopic (exact) mass is 407 g/mol. The van der Waals surface area contributed by atoms with Gasteiger partial charge in [0.2, 0.25) is 0 Å². The summed E-state index contributed by atoms with van der Waals surface area (Å²) in [6, 6.07) is 17.8. The summed E-state index contributed by atoms with van der Waals surface area (Å²) in [6.07, 6.45) is 4.42. The molecule has 2 aromatic rings. The van der Waals surface area contributed by atoms with Crippen molar-refractivity contribution in [3.63, 3.8) is 0 Å². The summed E-state index contributed by atoms with van der Waals surface area (Å²) in [7, 11) is 0. The van der Waals surface area contributed by atoms with Crippen LogP contribution < -0.4 is 10.9 Å². The Balaban J connectivity index is 1.41. The van der Waals surface area contributed by atoms with Gasteiger partial charge in [0.1, 0.15) is 0 Å². The van der Waals surface area contributed by atoms with Crippen molar-refractivity contribution in [2.75, 3.05) is 32.8 Å². The molecule has 2 aliphatic rings. The zero-order valence-electron chi connectivity index (χ0n) is 18.5. The predicted molar refractivity (Wildman–Crippen MR) is 123 cm³/mol. The van der Waals surface area contributed by atoms with E-state index in [0.29, 0.717) is 12.0 Å². The number of likely N-dealkylation sites (tertiary alicyclic amines) is 1. The van der Waals surface area contributed by atoms with E-state index in [1.165, 1.54) is 28.7 Å². The molecule has 0 aromatic heterocycles. The molecule has 0 bridgehead atoms. The minimum atomic E-state index is 0.0301. The van der Waals surface area contributed by atoms with E-state index in [9.17, 15) is 5.11 Å². The van der Waals surface area contributed by atoms with Crippen LogP contribution in [0.4, 0.5) is 0 Å². The first-order valence-corrected chi connectivity index (χ1v) is 11.5. The highest BCUT2D eigenvalue weighted by molar-refractivity contribution is 5.34. The first kappa shape index (κ1) is 21.5. The summed E-state index contributed by atoms with van der Waals surface area (Å²) < 4.78 is 0. The van der Waals surface area contributed by atoms with E-state index in [1.54, 1.807) is 0 Å². The zero-order valence-corrected chi connectivity index (χ0v) is 18.5. The van der Waals surface area contributed by atoms with Crippen LogP contribution >= 0.6 is 0 Å². The number of aliphatic hydroxyl groups excluding tert-OH is 1. The SMILES string of the molecule is Cc1ccc(C)c(C2NNCC2CN2CCCC(CO)(CCc3ccccc3)C2)c1. The minimum Gasteiger partial charge on any atom is -0.396 e. The Morgan fingerprint density at radius 2 is 1.97 bits per heavy atom. The Morgan fingerprint density at radius 1 is 1.13 bits per heavy atom. The molecule has 4 nitrogen and oxygen atoms in total. The molecular weight excluding hydrogens is 370 g/mol. The van der Waals surface area contributed by atoms with E-state index in [1.807, 2.05) is 0 Å². The van der Waals surface area contributed by atoms with Crippen molar-refractivity contribution in [1.29, 1.82) is 0 Å². The topological polar surface area (TPSA) is 47.5 Å². The highest BCUT2D eigenvalue weighted by atomic mass is 16.3. The molecule has 3 N–H and O–H groups in total. The third kappa shape index (κ3) is 4.94. The number of aryl methyl sites for hydroxylation is 3. The molecule has 2 aliphatic heterocycles. The van der Waals surface area contributed by atoms with Gasteiger partial charge in [0.25, 0.3) is 0 Å². The van der Waals surface area contributed by atoms with Crippen molar-refractivity contribution >= 4 is 0 Å². The van der Waals surface area contributed by atoms with Gasteiger partial charge in [-0.3, -0.25) is 5.43 Å². The zero-order chi connectivity index (χ0) is 21.0. The maximum Gasteiger partial charge on any atom is 0.0518 e. The van der Waals surface area contributed by atoms with Gasteiger partial charge in [-0.1, -0.05) is 54.1 Å². The molecule has 3 unspecified atom stereocenters. The number of piperidine rings is 1. The molecule has 0 aliphatic carbocycles. The molecule has 0 amide bonds. The van der Waals surface area contributed by atoms with Gasteiger partial charge in [0.15, 0.2) is 0 Å². The lowest BCUT2D eigenvalue weighted by molar-refractivity contribution is 0.0193. The Bertz CT molecular complexity index is 824. The number of hydrogen-bond acceptors (Lipinski definition) is 4. The predicted octanol–water partition coefficient (Wildman–Crippen LogP) is 3.78. The Kier molecular flexibility index (Phi) is 6.89. The van der Waals surface area contributed by atoms with Gasteiger partial charge in [-0.05, 0) is 62.8 Å². The smallest absolute Gasteiger partial charge is 0.0518 e. The van der Waals surface area contributed by atoms with Crippen molar-refractivity contribution in [1.82, 2.24) is 15.8 Å². The highest BCUT2D eigenvalue weighted by Crippen LogP contribution is 2.36. The highest BCUT2D eigenvalue weighted by Gasteiger charge is 2.37. The van der Waals surface area contributed by atoms with Gasteiger partial charge in [0, 0.05) is 37.6 Å². The molecule has 4 heteroatoms. The van der Waals surface area contributed by atoms with Crippen LogP contribution in [0.3, 0.4) is 0 Å². The van der Waals surface area contributed by atoms with Crippen LogP contribution in [0.5, 0.6) is 0 Å². The lowest BCUT2D eigenvalue weighted by Crippen LogP contribution is -2.47.